The lowest BCUT2D eigenvalue weighted by atomic mass is 9.85. The Hall–Kier alpha value is -1.89. The minimum absolute atomic E-state index is 0.0614. The first-order chi connectivity index (χ1) is 12.5. The zero-order valence-corrected chi connectivity index (χ0v) is 17.3. The number of rotatable bonds is 5. The molecule has 1 unspecified atom stereocenters. The molecule has 0 aliphatic carbocycles. The molecule has 1 atom stereocenters. The Morgan fingerprint density at radius 3 is 2.96 bits per heavy atom. The highest BCUT2D eigenvalue weighted by Gasteiger charge is 2.24. The molecule has 2 N–H and O–H groups in total. The van der Waals surface area contributed by atoms with Crippen molar-refractivity contribution in [2.24, 2.45) is 4.99 Å². The second-order valence-electron chi connectivity index (χ2n) is 7.30. The first kappa shape index (κ1) is 18.9. The highest BCUT2D eigenvalue weighted by Crippen LogP contribution is 2.30. The normalized spacial score (nSPS) is 17.7. The number of hydrogen-bond donors (Lipinski definition) is 2. The van der Waals surface area contributed by atoms with E-state index in [0.717, 1.165) is 42.2 Å². The van der Waals surface area contributed by atoms with Gasteiger partial charge < -0.3 is 10.6 Å². The first-order valence-electron chi connectivity index (χ1n) is 9.16. The second kappa shape index (κ2) is 8.20. The highest BCUT2D eigenvalue weighted by molar-refractivity contribution is 9.10. The third-order valence-electron chi connectivity index (χ3n) is 4.73. The maximum absolute atomic E-state index is 4.87. The molecule has 0 amide bonds. The van der Waals surface area contributed by atoms with Crippen LogP contribution in [0.15, 0.2) is 40.1 Å². The quantitative estimate of drug-likeness (QED) is 0.578. The van der Waals surface area contributed by atoms with Gasteiger partial charge in [-0.25, -0.2) is 9.67 Å². The summed E-state index contributed by atoms with van der Waals surface area (Å²) in [5.74, 6) is 1.93. The van der Waals surface area contributed by atoms with Gasteiger partial charge in [-0.3, -0.25) is 4.99 Å². The molecule has 0 saturated heterocycles. The molecule has 140 valence electrons. The predicted octanol–water partition coefficient (Wildman–Crippen LogP) is 2.89. The van der Waals surface area contributed by atoms with Crippen LogP contribution < -0.4 is 10.6 Å². The molecule has 1 aliphatic heterocycles. The summed E-state index contributed by atoms with van der Waals surface area (Å²) in [7, 11) is 0. The van der Waals surface area contributed by atoms with Crippen molar-refractivity contribution in [1.82, 2.24) is 25.4 Å². The summed E-state index contributed by atoms with van der Waals surface area (Å²) in [4.78, 5) is 9.16. The van der Waals surface area contributed by atoms with Crippen LogP contribution >= 0.6 is 15.9 Å². The Bertz CT molecular complexity index is 767. The average molecular weight is 419 g/mol. The third-order valence-corrected chi connectivity index (χ3v) is 5.42. The van der Waals surface area contributed by atoms with Crippen LogP contribution in [0.5, 0.6) is 0 Å². The average Bonchev–Trinajstić information content (AvgIpc) is 3.08. The molecule has 2 aromatic rings. The number of fused-ring (bicyclic) bond motifs is 1. The molecule has 0 bridgehead atoms. The Kier molecular flexibility index (Phi) is 5.96. The van der Waals surface area contributed by atoms with E-state index in [1.54, 1.807) is 6.33 Å². The second-order valence-corrected chi connectivity index (χ2v) is 8.15. The molecule has 26 heavy (non-hydrogen) atoms. The summed E-state index contributed by atoms with van der Waals surface area (Å²) >= 11 is 3.67. The van der Waals surface area contributed by atoms with Crippen molar-refractivity contribution < 1.29 is 0 Å². The topological polar surface area (TPSA) is 67.1 Å². The van der Waals surface area contributed by atoms with Crippen LogP contribution in [0.2, 0.25) is 0 Å². The fraction of sp³-hybridized carbons (Fsp3) is 0.526. The molecule has 0 fully saturated rings. The van der Waals surface area contributed by atoms with Gasteiger partial charge in [-0.05, 0) is 25.0 Å². The lowest BCUT2D eigenvalue weighted by Crippen LogP contribution is -2.47. The van der Waals surface area contributed by atoms with Crippen molar-refractivity contribution in [2.45, 2.75) is 51.6 Å². The Balaban J connectivity index is 1.68. The summed E-state index contributed by atoms with van der Waals surface area (Å²) in [6.45, 7) is 8.90. The number of nitrogens with one attached hydrogen (secondary N) is 2. The van der Waals surface area contributed by atoms with Gasteiger partial charge in [0.15, 0.2) is 5.96 Å². The lowest BCUT2D eigenvalue weighted by molar-refractivity contribution is 0.392. The molecule has 2 heterocycles. The standard InChI is InChI=1S/C19H27BrN6/c1-4-21-18(25-14-9-10-17-23-13-24-26(17)11-14)22-12-19(2,3)15-7-5-6-8-16(15)20/h5-8,13-14H,4,9-12H2,1-3H3,(H2,21,22,25). The van der Waals surface area contributed by atoms with Gasteiger partial charge in [0.1, 0.15) is 12.2 Å². The van der Waals surface area contributed by atoms with Crippen LogP contribution in [-0.2, 0) is 18.4 Å². The molecule has 0 spiro atoms. The van der Waals surface area contributed by atoms with Crippen molar-refractivity contribution in [3.8, 4) is 0 Å². The molecule has 3 rings (SSSR count). The number of benzene rings is 1. The van der Waals surface area contributed by atoms with Crippen molar-refractivity contribution >= 4 is 21.9 Å². The molecule has 0 saturated carbocycles. The van der Waals surface area contributed by atoms with Gasteiger partial charge in [0.05, 0.1) is 13.1 Å². The molecule has 7 heteroatoms. The van der Waals surface area contributed by atoms with Gasteiger partial charge in [0, 0.05) is 28.9 Å². The molecule has 1 aromatic heterocycles. The van der Waals surface area contributed by atoms with E-state index in [-0.39, 0.29) is 5.41 Å². The van der Waals surface area contributed by atoms with Crippen molar-refractivity contribution in [1.29, 1.82) is 0 Å². The number of nitrogens with zero attached hydrogens (tertiary/aromatic N) is 4. The zero-order valence-electron chi connectivity index (χ0n) is 15.7. The number of aliphatic imine (C=N–C) groups is 1. The Labute approximate surface area is 163 Å². The minimum Gasteiger partial charge on any atom is -0.357 e. The molecule has 6 nitrogen and oxygen atoms in total. The SMILES string of the molecule is CCNC(=NCC(C)(C)c1ccccc1Br)NC1CCc2ncnn2C1. The van der Waals surface area contributed by atoms with Crippen molar-refractivity contribution in [3.63, 3.8) is 0 Å². The third kappa shape index (κ3) is 4.44. The van der Waals surface area contributed by atoms with E-state index in [2.05, 4.69) is 75.6 Å². The number of aryl methyl sites for hydroxylation is 1. The Morgan fingerprint density at radius 1 is 1.38 bits per heavy atom. The van der Waals surface area contributed by atoms with Gasteiger partial charge in [-0.15, -0.1) is 0 Å². The van der Waals surface area contributed by atoms with E-state index in [0.29, 0.717) is 12.6 Å². The number of aromatic nitrogens is 3. The summed E-state index contributed by atoms with van der Waals surface area (Å²) in [6, 6.07) is 8.68. The number of guanidine groups is 1. The Morgan fingerprint density at radius 2 is 2.19 bits per heavy atom. The van der Waals surface area contributed by atoms with Gasteiger partial charge in [-0.1, -0.05) is 48.0 Å². The van der Waals surface area contributed by atoms with E-state index in [1.165, 1.54) is 5.56 Å². The van der Waals surface area contributed by atoms with Gasteiger partial charge in [0.2, 0.25) is 0 Å². The van der Waals surface area contributed by atoms with E-state index < -0.39 is 0 Å². The fourth-order valence-corrected chi connectivity index (χ4v) is 4.06. The maximum atomic E-state index is 4.87. The van der Waals surface area contributed by atoms with Crippen LogP contribution in [0.25, 0.3) is 0 Å². The summed E-state index contributed by atoms with van der Waals surface area (Å²) in [5.41, 5.74) is 1.21. The molecular formula is C19H27BrN6. The molecule has 1 aliphatic rings. The van der Waals surface area contributed by atoms with E-state index >= 15 is 0 Å². The van der Waals surface area contributed by atoms with Crippen molar-refractivity contribution in [3.05, 3.63) is 46.5 Å². The van der Waals surface area contributed by atoms with E-state index in [9.17, 15) is 0 Å². The van der Waals surface area contributed by atoms with Gasteiger partial charge >= 0.3 is 0 Å². The van der Waals surface area contributed by atoms with Gasteiger partial charge in [-0.2, -0.15) is 5.10 Å². The maximum Gasteiger partial charge on any atom is 0.191 e. The molecular weight excluding hydrogens is 392 g/mol. The summed E-state index contributed by atoms with van der Waals surface area (Å²) in [5, 5.41) is 11.2. The summed E-state index contributed by atoms with van der Waals surface area (Å²) < 4.78 is 3.11. The fourth-order valence-electron chi connectivity index (χ4n) is 3.24. The smallest absolute Gasteiger partial charge is 0.191 e. The summed E-state index contributed by atoms with van der Waals surface area (Å²) in [6.07, 6.45) is 3.62. The van der Waals surface area contributed by atoms with E-state index in [4.69, 9.17) is 4.99 Å². The predicted molar refractivity (Wildman–Crippen MR) is 108 cm³/mol. The van der Waals surface area contributed by atoms with Crippen molar-refractivity contribution in [2.75, 3.05) is 13.1 Å². The van der Waals surface area contributed by atoms with Gasteiger partial charge in [0.25, 0.3) is 0 Å². The van der Waals surface area contributed by atoms with Crippen LogP contribution in [0.3, 0.4) is 0 Å². The van der Waals surface area contributed by atoms with Crippen LogP contribution in [0.1, 0.15) is 38.6 Å². The molecule has 0 radical (unpaired) electrons. The van der Waals surface area contributed by atoms with E-state index in [1.807, 2.05) is 10.7 Å². The highest BCUT2D eigenvalue weighted by atomic mass is 79.9. The molecule has 1 aromatic carbocycles. The first-order valence-corrected chi connectivity index (χ1v) is 9.95. The number of hydrogen-bond acceptors (Lipinski definition) is 3. The number of halogens is 1. The lowest BCUT2D eigenvalue weighted by Gasteiger charge is -2.27. The minimum atomic E-state index is -0.0614. The van der Waals surface area contributed by atoms with Crippen LogP contribution in [0, 0.1) is 0 Å². The van der Waals surface area contributed by atoms with Crippen LogP contribution in [-0.4, -0.2) is 39.9 Å². The largest absolute Gasteiger partial charge is 0.357 e. The van der Waals surface area contributed by atoms with Crippen LogP contribution in [0.4, 0.5) is 0 Å². The monoisotopic (exact) mass is 418 g/mol. The zero-order chi connectivity index (χ0) is 18.6.